The second-order valence-electron chi connectivity index (χ2n) is 12.3. The highest BCUT2D eigenvalue weighted by molar-refractivity contribution is 6.09. The van der Waals surface area contributed by atoms with Crippen LogP contribution in [0.4, 0.5) is 0 Å². The van der Waals surface area contributed by atoms with Crippen LogP contribution in [-0.2, 0) is 15.9 Å². The summed E-state index contributed by atoms with van der Waals surface area (Å²) in [5, 5.41) is 4.82. The summed E-state index contributed by atoms with van der Waals surface area (Å²) in [6, 6.07) is 69.9. The van der Waals surface area contributed by atoms with E-state index in [9.17, 15) is 0 Å². The zero-order chi connectivity index (χ0) is 31.3. The summed E-state index contributed by atoms with van der Waals surface area (Å²) in [6.07, 6.45) is 0. The number of fused-ring (bicyclic) bond motifs is 7. The molecule has 0 aromatic heterocycles. The fraction of sp³-hybridized carbons (Fsp3) is 0.0435. The Balaban J connectivity index is 1.60. The zero-order valence-corrected chi connectivity index (χ0v) is 25.9. The summed E-state index contributed by atoms with van der Waals surface area (Å²) in [4.78, 5) is 0. The number of hydrogen-bond acceptors (Lipinski definition) is 1. The molecule has 0 amide bonds. The van der Waals surface area contributed by atoms with Crippen LogP contribution >= 0.6 is 0 Å². The summed E-state index contributed by atoms with van der Waals surface area (Å²) < 4.78 is 8.28. The molecule has 0 saturated heterocycles. The van der Waals surface area contributed by atoms with Crippen LogP contribution in [-0.4, -0.2) is 0 Å². The standard InChI is InChI=1S/C46H32O/c1-5-19-35(20-6-1)45(36-21-7-2-8-22-36)41-31-29-33-17-13-15-27-39(33)43(41)44-40-28-16-14-18-34(40)30-32-42(44)46(47-45,37-23-9-3-10-24-37)38-25-11-4-12-26-38/h1-32H. The molecular weight excluding hydrogens is 569 g/mol. The average Bonchev–Trinajstić information content (AvgIpc) is 3.29. The molecule has 8 aromatic carbocycles. The third kappa shape index (κ3) is 4.07. The van der Waals surface area contributed by atoms with Gasteiger partial charge in [0, 0.05) is 11.1 Å². The summed E-state index contributed by atoms with van der Waals surface area (Å²) in [5.41, 5.74) is 6.99. The minimum absolute atomic E-state index is 0.992. The van der Waals surface area contributed by atoms with E-state index in [1.54, 1.807) is 0 Å². The quantitative estimate of drug-likeness (QED) is 0.195. The number of ether oxygens (including phenoxy) is 1. The van der Waals surface area contributed by atoms with E-state index in [0.717, 1.165) is 33.4 Å². The van der Waals surface area contributed by atoms with Crippen LogP contribution in [0.2, 0.25) is 0 Å². The van der Waals surface area contributed by atoms with E-state index in [4.69, 9.17) is 4.74 Å². The summed E-state index contributed by atoms with van der Waals surface area (Å²) in [7, 11) is 0. The Kier molecular flexibility index (Phi) is 6.41. The predicted molar refractivity (Wildman–Crippen MR) is 194 cm³/mol. The zero-order valence-electron chi connectivity index (χ0n) is 25.9. The van der Waals surface area contributed by atoms with E-state index in [-0.39, 0.29) is 0 Å². The van der Waals surface area contributed by atoms with E-state index in [1.165, 1.54) is 32.7 Å². The highest BCUT2D eigenvalue weighted by Crippen LogP contribution is 2.59. The molecule has 0 unspecified atom stereocenters. The van der Waals surface area contributed by atoms with E-state index in [2.05, 4.69) is 194 Å². The van der Waals surface area contributed by atoms with Gasteiger partial charge in [-0.2, -0.15) is 0 Å². The Hall–Kier alpha value is -5.76. The highest BCUT2D eigenvalue weighted by atomic mass is 16.5. The molecule has 0 radical (unpaired) electrons. The minimum Gasteiger partial charge on any atom is -0.340 e. The van der Waals surface area contributed by atoms with Gasteiger partial charge in [0.2, 0.25) is 0 Å². The molecule has 1 nitrogen and oxygen atoms in total. The number of benzene rings is 8. The van der Waals surface area contributed by atoms with Gasteiger partial charge in [-0.15, -0.1) is 0 Å². The third-order valence-electron chi connectivity index (χ3n) is 9.89. The van der Waals surface area contributed by atoms with Crippen molar-refractivity contribution in [3.63, 3.8) is 0 Å². The van der Waals surface area contributed by atoms with Crippen LogP contribution in [0.25, 0.3) is 32.7 Å². The first-order chi connectivity index (χ1) is 23.3. The summed E-state index contributed by atoms with van der Waals surface area (Å²) in [6.45, 7) is 0. The maximum absolute atomic E-state index is 8.28. The Morgan fingerprint density at radius 3 is 0.915 bits per heavy atom. The lowest BCUT2D eigenvalue weighted by Crippen LogP contribution is -2.43. The van der Waals surface area contributed by atoms with Crippen LogP contribution in [0.1, 0.15) is 33.4 Å². The fourth-order valence-electron chi connectivity index (χ4n) is 7.89. The largest absolute Gasteiger partial charge is 0.340 e. The van der Waals surface area contributed by atoms with E-state index in [1.807, 2.05) is 0 Å². The normalized spacial score (nSPS) is 14.6. The van der Waals surface area contributed by atoms with Crippen LogP contribution in [0.3, 0.4) is 0 Å². The molecule has 0 saturated carbocycles. The maximum Gasteiger partial charge on any atom is 0.146 e. The topological polar surface area (TPSA) is 9.23 Å². The number of rotatable bonds is 4. The van der Waals surface area contributed by atoms with Crippen molar-refractivity contribution in [2.24, 2.45) is 0 Å². The van der Waals surface area contributed by atoms with Crippen molar-refractivity contribution in [2.45, 2.75) is 11.2 Å². The molecule has 1 heteroatoms. The third-order valence-corrected chi connectivity index (χ3v) is 9.89. The van der Waals surface area contributed by atoms with Gasteiger partial charge < -0.3 is 4.74 Å². The van der Waals surface area contributed by atoms with Gasteiger partial charge in [-0.05, 0) is 54.9 Å². The van der Waals surface area contributed by atoms with Crippen LogP contribution in [0.15, 0.2) is 194 Å². The molecular formula is C46H32O. The molecule has 1 aliphatic heterocycles. The predicted octanol–water partition coefficient (Wildman–Crippen LogP) is 11.3. The molecule has 1 aliphatic rings. The molecule has 0 aliphatic carbocycles. The Labute approximate surface area is 275 Å². The molecule has 0 fully saturated rings. The van der Waals surface area contributed by atoms with Gasteiger partial charge in [0.05, 0.1) is 0 Å². The summed E-state index contributed by atoms with van der Waals surface area (Å²) in [5.74, 6) is 0. The smallest absolute Gasteiger partial charge is 0.146 e. The number of hydrogen-bond donors (Lipinski definition) is 0. The molecule has 222 valence electrons. The summed E-state index contributed by atoms with van der Waals surface area (Å²) >= 11 is 0. The van der Waals surface area contributed by atoms with Crippen molar-refractivity contribution in [1.29, 1.82) is 0 Å². The lowest BCUT2D eigenvalue weighted by Gasteiger charge is -2.45. The van der Waals surface area contributed by atoms with Crippen molar-refractivity contribution in [2.75, 3.05) is 0 Å². The van der Waals surface area contributed by atoms with E-state index in [0.29, 0.717) is 0 Å². The molecule has 47 heavy (non-hydrogen) atoms. The lowest BCUT2D eigenvalue weighted by atomic mass is 9.75. The molecule has 9 rings (SSSR count). The Bertz CT molecular complexity index is 2110. The Morgan fingerprint density at radius 2 is 0.574 bits per heavy atom. The van der Waals surface area contributed by atoms with Crippen molar-refractivity contribution in [3.05, 3.63) is 228 Å². The molecule has 0 spiro atoms. The van der Waals surface area contributed by atoms with Crippen molar-refractivity contribution >= 4 is 21.5 Å². The molecule has 0 N–H and O–H groups in total. The molecule has 8 aromatic rings. The first-order valence-electron chi connectivity index (χ1n) is 16.3. The maximum atomic E-state index is 8.28. The highest BCUT2D eigenvalue weighted by Gasteiger charge is 2.53. The van der Waals surface area contributed by atoms with Gasteiger partial charge in [-0.25, -0.2) is 0 Å². The first kappa shape index (κ1) is 27.5. The SMILES string of the molecule is c1ccc(C2(c3ccccc3)OC(c3ccccc3)(c3ccccc3)c3ccc4ccccc4c3-c3c2ccc2ccccc32)cc1. The Morgan fingerprint density at radius 1 is 0.277 bits per heavy atom. The van der Waals surface area contributed by atoms with Crippen molar-refractivity contribution in [1.82, 2.24) is 0 Å². The van der Waals surface area contributed by atoms with E-state index < -0.39 is 11.2 Å². The van der Waals surface area contributed by atoms with Crippen molar-refractivity contribution < 1.29 is 4.74 Å². The van der Waals surface area contributed by atoms with Gasteiger partial charge in [-0.3, -0.25) is 0 Å². The van der Waals surface area contributed by atoms with Crippen LogP contribution < -0.4 is 0 Å². The minimum atomic E-state index is -0.992. The molecule has 1 heterocycles. The second kappa shape index (κ2) is 10.9. The van der Waals surface area contributed by atoms with Crippen LogP contribution in [0, 0.1) is 0 Å². The van der Waals surface area contributed by atoms with Crippen LogP contribution in [0.5, 0.6) is 0 Å². The lowest BCUT2D eigenvalue weighted by molar-refractivity contribution is -0.0786. The van der Waals surface area contributed by atoms with Gasteiger partial charge in [-0.1, -0.05) is 194 Å². The molecule has 0 atom stereocenters. The monoisotopic (exact) mass is 600 g/mol. The van der Waals surface area contributed by atoms with E-state index >= 15 is 0 Å². The molecule has 0 bridgehead atoms. The average molecular weight is 601 g/mol. The van der Waals surface area contributed by atoms with Gasteiger partial charge in [0.1, 0.15) is 11.2 Å². The fourth-order valence-corrected chi connectivity index (χ4v) is 7.89. The van der Waals surface area contributed by atoms with Gasteiger partial charge >= 0.3 is 0 Å². The first-order valence-corrected chi connectivity index (χ1v) is 16.3. The van der Waals surface area contributed by atoms with Crippen molar-refractivity contribution in [3.8, 4) is 11.1 Å². The van der Waals surface area contributed by atoms with Gasteiger partial charge in [0.15, 0.2) is 0 Å². The second-order valence-corrected chi connectivity index (χ2v) is 12.3. The van der Waals surface area contributed by atoms with Gasteiger partial charge in [0.25, 0.3) is 0 Å².